The van der Waals surface area contributed by atoms with Crippen LogP contribution in [0.15, 0.2) is 42.5 Å². The van der Waals surface area contributed by atoms with Crippen molar-refractivity contribution in [1.82, 2.24) is 0 Å². The maximum Gasteiger partial charge on any atom is 0.338 e. The summed E-state index contributed by atoms with van der Waals surface area (Å²) < 4.78 is 15.0. The second-order valence-electron chi connectivity index (χ2n) is 4.81. The molecule has 0 aliphatic rings. The molecule has 0 unspecified atom stereocenters. The van der Waals surface area contributed by atoms with Crippen molar-refractivity contribution in [2.45, 2.75) is 0 Å². The Hall–Kier alpha value is -3.22. The first-order chi connectivity index (χ1) is 11.5. The fourth-order valence-electron chi connectivity index (χ4n) is 1.95. The van der Waals surface area contributed by atoms with Crippen LogP contribution in [0.1, 0.15) is 10.4 Å². The minimum Gasteiger partial charge on any atom is -0.497 e. The first kappa shape index (κ1) is 17.1. The first-order valence-electron chi connectivity index (χ1n) is 7.08. The second-order valence-corrected chi connectivity index (χ2v) is 4.81. The van der Waals surface area contributed by atoms with Crippen molar-refractivity contribution in [2.24, 2.45) is 0 Å². The average Bonchev–Trinajstić information content (AvgIpc) is 2.60. The van der Waals surface area contributed by atoms with Crippen LogP contribution >= 0.6 is 0 Å². The van der Waals surface area contributed by atoms with Crippen molar-refractivity contribution in [2.75, 3.05) is 31.9 Å². The third kappa shape index (κ3) is 4.39. The Kier molecular flexibility index (Phi) is 5.62. The van der Waals surface area contributed by atoms with Gasteiger partial charge >= 0.3 is 5.97 Å². The molecule has 0 radical (unpaired) electrons. The van der Waals surface area contributed by atoms with Crippen molar-refractivity contribution in [3.63, 3.8) is 0 Å². The molecule has 2 aromatic carbocycles. The maximum absolute atomic E-state index is 11.9. The Morgan fingerprint density at radius 3 is 2.33 bits per heavy atom. The lowest BCUT2D eigenvalue weighted by molar-refractivity contribution is -0.119. The van der Waals surface area contributed by atoms with E-state index in [1.54, 1.807) is 37.4 Å². The number of benzene rings is 2. The van der Waals surface area contributed by atoms with Crippen molar-refractivity contribution >= 4 is 23.3 Å². The number of amides is 1. The van der Waals surface area contributed by atoms with Crippen LogP contribution in [-0.2, 0) is 9.53 Å². The minimum atomic E-state index is -0.644. The quantitative estimate of drug-likeness (QED) is 0.621. The lowest BCUT2D eigenvalue weighted by Gasteiger charge is -2.09. The minimum absolute atomic E-state index is 0.241. The van der Waals surface area contributed by atoms with Crippen molar-refractivity contribution < 1.29 is 23.8 Å². The Balaban J connectivity index is 1.88. The molecule has 0 bridgehead atoms. The molecule has 3 N–H and O–H groups in total. The summed E-state index contributed by atoms with van der Waals surface area (Å²) in [6.07, 6.45) is 0. The van der Waals surface area contributed by atoms with E-state index in [9.17, 15) is 9.59 Å². The number of carbonyl (C=O) groups excluding carboxylic acids is 2. The molecule has 2 aromatic rings. The topological polar surface area (TPSA) is 99.9 Å². The highest BCUT2D eigenvalue weighted by atomic mass is 16.5. The summed E-state index contributed by atoms with van der Waals surface area (Å²) in [5.41, 5.74) is 6.86. The molecule has 7 heteroatoms. The SMILES string of the molecule is COc1ccc(NC(=O)COC(=O)c2ccc(OC)c(N)c2)cc1. The van der Waals surface area contributed by atoms with Crippen LogP contribution in [0.2, 0.25) is 0 Å². The van der Waals surface area contributed by atoms with Crippen molar-refractivity contribution in [3.05, 3.63) is 48.0 Å². The van der Waals surface area contributed by atoms with Crippen LogP contribution in [0, 0.1) is 0 Å². The third-order valence-electron chi connectivity index (χ3n) is 3.17. The third-order valence-corrected chi connectivity index (χ3v) is 3.17. The molecule has 1 amide bonds. The van der Waals surface area contributed by atoms with Crippen LogP contribution in [0.5, 0.6) is 11.5 Å². The van der Waals surface area contributed by atoms with Gasteiger partial charge in [-0.05, 0) is 42.5 Å². The van der Waals surface area contributed by atoms with E-state index in [1.165, 1.54) is 19.2 Å². The van der Waals surface area contributed by atoms with Crippen LogP contribution in [0.3, 0.4) is 0 Å². The molecule has 0 aliphatic heterocycles. The zero-order valence-electron chi connectivity index (χ0n) is 13.4. The Labute approximate surface area is 139 Å². The van der Waals surface area contributed by atoms with E-state index in [0.717, 1.165) is 0 Å². The number of carbonyl (C=O) groups is 2. The van der Waals surface area contributed by atoms with Gasteiger partial charge in [0.1, 0.15) is 11.5 Å². The first-order valence-corrected chi connectivity index (χ1v) is 7.08. The molecular formula is C17H18N2O5. The number of methoxy groups -OCH3 is 2. The molecule has 0 fully saturated rings. The van der Waals surface area contributed by atoms with Gasteiger partial charge in [0.15, 0.2) is 6.61 Å². The van der Waals surface area contributed by atoms with Gasteiger partial charge in [-0.3, -0.25) is 4.79 Å². The molecule has 0 aliphatic carbocycles. The fourth-order valence-corrected chi connectivity index (χ4v) is 1.95. The number of anilines is 2. The number of nitrogens with one attached hydrogen (secondary N) is 1. The van der Waals surface area contributed by atoms with Gasteiger partial charge in [-0.2, -0.15) is 0 Å². The van der Waals surface area contributed by atoms with Crippen molar-refractivity contribution in [3.8, 4) is 11.5 Å². The van der Waals surface area contributed by atoms with Gasteiger partial charge in [0.25, 0.3) is 5.91 Å². The zero-order valence-corrected chi connectivity index (χ0v) is 13.4. The Morgan fingerprint density at radius 2 is 1.75 bits per heavy atom. The second kappa shape index (κ2) is 7.87. The van der Waals surface area contributed by atoms with E-state index >= 15 is 0 Å². The number of hydrogen-bond donors (Lipinski definition) is 2. The summed E-state index contributed by atoms with van der Waals surface area (Å²) in [5, 5.41) is 2.61. The molecule has 2 rings (SSSR count). The molecule has 0 saturated carbocycles. The van der Waals surface area contributed by atoms with Gasteiger partial charge in [0.05, 0.1) is 25.5 Å². The Morgan fingerprint density at radius 1 is 1.04 bits per heavy atom. The largest absolute Gasteiger partial charge is 0.497 e. The van der Waals surface area contributed by atoms with Crippen LogP contribution < -0.4 is 20.5 Å². The monoisotopic (exact) mass is 330 g/mol. The van der Waals surface area contributed by atoms with E-state index in [4.69, 9.17) is 19.9 Å². The highest BCUT2D eigenvalue weighted by Crippen LogP contribution is 2.22. The van der Waals surface area contributed by atoms with Crippen molar-refractivity contribution in [1.29, 1.82) is 0 Å². The van der Waals surface area contributed by atoms with Gasteiger partial charge in [-0.15, -0.1) is 0 Å². The standard InChI is InChI=1S/C17H18N2O5/c1-22-13-6-4-12(5-7-13)19-16(20)10-24-17(21)11-3-8-15(23-2)14(18)9-11/h3-9H,10,18H2,1-2H3,(H,19,20). The van der Waals surface area contributed by atoms with E-state index in [1.807, 2.05) is 0 Å². The van der Waals surface area contributed by atoms with E-state index in [2.05, 4.69) is 5.32 Å². The number of nitrogen functional groups attached to an aromatic ring is 1. The summed E-state index contributed by atoms with van der Waals surface area (Å²) in [7, 11) is 3.03. The fraction of sp³-hybridized carbons (Fsp3) is 0.176. The number of hydrogen-bond acceptors (Lipinski definition) is 6. The number of rotatable bonds is 6. The summed E-state index contributed by atoms with van der Waals surface area (Å²) in [5.74, 6) is 0.0459. The van der Waals surface area contributed by atoms with Gasteiger partial charge in [-0.1, -0.05) is 0 Å². The summed E-state index contributed by atoms with van der Waals surface area (Å²) in [6.45, 7) is -0.406. The molecule has 0 saturated heterocycles. The molecule has 0 spiro atoms. The number of nitrogens with two attached hydrogens (primary N) is 1. The normalized spacial score (nSPS) is 9.92. The van der Waals surface area contributed by atoms with Crippen LogP contribution in [0.4, 0.5) is 11.4 Å². The van der Waals surface area contributed by atoms with Gasteiger partial charge in [-0.25, -0.2) is 4.79 Å². The van der Waals surface area contributed by atoms with Gasteiger partial charge in [0, 0.05) is 5.69 Å². The lowest BCUT2D eigenvalue weighted by atomic mass is 10.2. The summed E-state index contributed by atoms with van der Waals surface area (Å²) >= 11 is 0. The predicted octanol–water partition coefficient (Wildman–Crippen LogP) is 2.08. The molecule has 0 aromatic heterocycles. The molecule has 126 valence electrons. The molecular weight excluding hydrogens is 312 g/mol. The Bertz CT molecular complexity index is 728. The highest BCUT2D eigenvalue weighted by molar-refractivity contribution is 5.96. The van der Waals surface area contributed by atoms with Gasteiger partial charge < -0.3 is 25.3 Å². The maximum atomic E-state index is 11.9. The van der Waals surface area contributed by atoms with Crippen LogP contribution in [-0.4, -0.2) is 32.7 Å². The van der Waals surface area contributed by atoms with E-state index in [-0.39, 0.29) is 5.56 Å². The smallest absolute Gasteiger partial charge is 0.338 e. The number of esters is 1. The highest BCUT2D eigenvalue weighted by Gasteiger charge is 2.12. The number of ether oxygens (including phenoxy) is 3. The lowest BCUT2D eigenvalue weighted by Crippen LogP contribution is -2.21. The summed E-state index contributed by atoms with van der Waals surface area (Å²) in [6, 6.07) is 11.3. The molecule has 24 heavy (non-hydrogen) atoms. The summed E-state index contributed by atoms with van der Waals surface area (Å²) in [4.78, 5) is 23.7. The van der Waals surface area contributed by atoms with E-state index in [0.29, 0.717) is 22.9 Å². The average molecular weight is 330 g/mol. The predicted molar refractivity (Wildman–Crippen MR) is 89.3 cm³/mol. The van der Waals surface area contributed by atoms with E-state index < -0.39 is 18.5 Å². The molecule has 0 atom stereocenters. The molecule has 7 nitrogen and oxygen atoms in total. The van der Waals surface area contributed by atoms with Crippen LogP contribution in [0.25, 0.3) is 0 Å². The zero-order chi connectivity index (χ0) is 17.5. The molecule has 0 heterocycles. The van der Waals surface area contributed by atoms with Gasteiger partial charge in [0.2, 0.25) is 0 Å².